The average Bonchev–Trinajstić information content (AvgIpc) is 2.59. The van der Waals surface area contributed by atoms with Gasteiger partial charge in [-0.15, -0.1) is 0 Å². The van der Waals surface area contributed by atoms with Crippen molar-refractivity contribution in [3.63, 3.8) is 0 Å². The van der Waals surface area contributed by atoms with Crippen LogP contribution < -0.4 is 5.63 Å². The fraction of sp³-hybridized carbons (Fsp3) is 0.286. The number of benzene rings is 2. The molecule has 0 spiro atoms. The summed E-state index contributed by atoms with van der Waals surface area (Å²) in [5.41, 5.74) is 1.32. The summed E-state index contributed by atoms with van der Waals surface area (Å²) in [5.74, 6) is -0.287. The zero-order valence-corrected chi connectivity index (χ0v) is 14.2. The van der Waals surface area contributed by atoms with Gasteiger partial charge >= 0.3 is 5.63 Å². The third-order valence-electron chi connectivity index (χ3n) is 4.41. The number of aryl methyl sites for hydroxylation is 1. The van der Waals surface area contributed by atoms with Crippen molar-refractivity contribution in [1.82, 2.24) is 0 Å². The molecule has 130 valence electrons. The van der Waals surface area contributed by atoms with Crippen molar-refractivity contribution in [1.29, 1.82) is 0 Å². The van der Waals surface area contributed by atoms with Gasteiger partial charge in [-0.3, -0.25) is 0 Å². The Morgan fingerprint density at radius 1 is 1.04 bits per heavy atom. The summed E-state index contributed by atoms with van der Waals surface area (Å²) in [7, 11) is 0. The van der Waals surface area contributed by atoms with Crippen LogP contribution in [0.15, 0.2) is 51.7 Å². The van der Waals surface area contributed by atoms with E-state index in [9.17, 15) is 14.3 Å². The Bertz CT molecular complexity index is 944. The van der Waals surface area contributed by atoms with E-state index in [0.29, 0.717) is 16.5 Å². The molecule has 0 amide bonds. The van der Waals surface area contributed by atoms with E-state index in [1.165, 1.54) is 18.2 Å². The van der Waals surface area contributed by atoms with Gasteiger partial charge in [0.2, 0.25) is 0 Å². The van der Waals surface area contributed by atoms with E-state index in [-0.39, 0.29) is 11.3 Å². The van der Waals surface area contributed by atoms with Crippen LogP contribution in [0.1, 0.15) is 38.2 Å². The Kier molecular flexibility index (Phi) is 5.17. The molecule has 0 radical (unpaired) electrons. The minimum atomic E-state index is -0.569. The number of unbranched alkanes of at least 4 members (excludes halogenated alkanes) is 3. The molecule has 1 N–H and O–H groups in total. The van der Waals surface area contributed by atoms with Gasteiger partial charge in [-0.05, 0) is 30.5 Å². The highest BCUT2D eigenvalue weighted by atomic mass is 19.1. The van der Waals surface area contributed by atoms with E-state index in [0.717, 1.165) is 37.7 Å². The van der Waals surface area contributed by atoms with Crippen molar-refractivity contribution in [3.05, 3.63) is 64.3 Å². The van der Waals surface area contributed by atoms with Crippen LogP contribution in [0, 0.1) is 5.82 Å². The second-order valence-corrected chi connectivity index (χ2v) is 6.25. The molecule has 0 atom stereocenters. The number of hydrogen-bond acceptors (Lipinski definition) is 3. The first-order chi connectivity index (χ1) is 12.1. The highest BCUT2D eigenvalue weighted by molar-refractivity contribution is 5.94. The van der Waals surface area contributed by atoms with Crippen LogP contribution >= 0.6 is 0 Å². The maximum absolute atomic E-state index is 14.2. The number of aromatic hydroxyl groups is 1. The zero-order valence-electron chi connectivity index (χ0n) is 14.2. The van der Waals surface area contributed by atoms with Crippen molar-refractivity contribution < 1.29 is 13.9 Å². The molecule has 0 saturated heterocycles. The fourth-order valence-corrected chi connectivity index (χ4v) is 3.09. The summed E-state index contributed by atoms with van der Waals surface area (Å²) in [4.78, 5) is 11.9. The van der Waals surface area contributed by atoms with Gasteiger partial charge < -0.3 is 9.52 Å². The second kappa shape index (κ2) is 7.51. The Hall–Kier alpha value is -2.62. The SMILES string of the molecule is CCCCCCc1cc2c(-c3ccccc3F)cc(=O)oc2cc1O. The van der Waals surface area contributed by atoms with Crippen LogP contribution in [0.5, 0.6) is 5.75 Å². The maximum Gasteiger partial charge on any atom is 0.336 e. The molecular weight excluding hydrogens is 319 g/mol. The first kappa shape index (κ1) is 17.2. The molecule has 0 unspecified atom stereocenters. The topological polar surface area (TPSA) is 50.4 Å². The van der Waals surface area contributed by atoms with Crippen molar-refractivity contribution in [2.75, 3.05) is 0 Å². The first-order valence-electron chi connectivity index (χ1n) is 8.65. The Morgan fingerprint density at radius 3 is 2.60 bits per heavy atom. The summed E-state index contributed by atoms with van der Waals surface area (Å²) in [6.45, 7) is 2.15. The van der Waals surface area contributed by atoms with Crippen LogP contribution in [0.25, 0.3) is 22.1 Å². The van der Waals surface area contributed by atoms with Crippen LogP contribution in [0.2, 0.25) is 0 Å². The minimum Gasteiger partial charge on any atom is -0.508 e. The molecule has 3 nitrogen and oxygen atoms in total. The molecule has 4 heteroatoms. The summed E-state index contributed by atoms with van der Waals surface area (Å²) >= 11 is 0. The molecule has 1 heterocycles. The molecule has 0 aliphatic carbocycles. The summed E-state index contributed by atoms with van der Waals surface area (Å²) in [5, 5.41) is 10.9. The predicted octanol–water partition coefficient (Wildman–Crippen LogP) is 5.43. The smallest absolute Gasteiger partial charge is 0.336 e. The molecule has 0 fully saturated rings. The van der Waals surface area contributed by atoms with E-state index >= 15 is 0 Å². The quantitative estimate of drug-likeness (QED) is 0.481. The molecule has 0 aliphatic rings. The van der Waals surface area contributed by atoms with Crippen molar-refractivity contribution >= 4 is 11.0 Å². The highest BCUT2D eigenvalue weighted by Crippen LogP contribution is 2.33. The average molecular weight is 340 g/mol. The molecular formula is C21H21FO3. The lowest BCUT2D eigenvalue weighted by Crippen LogP contribution is -2.00. The predicted molar refractivity (Wildman–Crippen MR) is 97.4 cm³/mol. The van der Waals surface area contributed by atoms with Crippen molar-refractivity contribution in [2.45, 2.75) is 39.0 Å². The van der Waals surface area contributed by atoms with Crippen LogP contribution in [-0.2, 0) is 6.42 Å². The van der Waals surface area contributed by atoms with Gasteiger partial charge in [0.05, 0.1) is 0 Å². The lowest BCUT2D eigenvalue weighted by Gasteiger charge is -2.10. The number of rotatable bonds is 6. The molecule has 3 aromatic rings. The molecule has 3 rings (SSSR count). The summed E-state index contributed by atoms with van der Waals surface area (Å²) < 4.78 is 19.4. The minimum absolute atomic E-state index is 0.109. The third-order valence-corrected chi connectivity index (χ3v) is 4.41. The van der Waals surface area contributed by atoms with E-state index in [1.807, 2.05) is 0 Å². The van der Waals surface area contributed by atoms with E-state index < -0.39 is 11.4 Å². The van der Waals surface area contributed by atoms with Crippen molar-refractivity contribution in [3.8, 4) is 16.9 Å². The number of hydrogen-bond donors (Lipinski definition) is 1. The normalized spacial score (nSPS) is 11.1. The Labute approximate surface area is 145 Å². The van der Waals surface area contributed by atoms with Gasteiger partial charge in [-0.1, -0.05) is 44.4 Å². The number of fused-ring (bicyclic) bond motifs is 1. The third kappa shape index (κ3) is 3.73. The zero-order chi connectivity index (χ0) is 17.8. The standard InChI is InChI=1S/C21H21FO3/c1-2-3-4-5-8-14-11-17-16(15-9-6-7-10-18(15)22)12-21(24)25-20(17)13-19(14)23/h6-7,9-13,23H,2-5,8H2,1H3. The Balaban J connectivity index is 2.10. The summed E-state index contributed by atoms with van der Waals surface area (Å²) in [6, 6.07) is 10.9. The number of phenolic OH excluding ortho intramolecular Hbond substituents is 1. The second-order valence-electron chi connectivity index (χ2n) is 6.25. The first-order valence-corrected chi connectivity index (χ1v) is 8.65. The van der Waals surface area contributed by atoms with Gasteiger partial charge in [0.25, 0.3) is 0 Å². The maximum atomic E-state index is 14.2. The monoisotopic (exact) mass is 340 g/mol. The molecule has 0 bridgehead atoms. The molecule has 25 heavy (non-hydrogen) atoms. The number of halogens is 1. The largest absolute Gasteiger partial charge is 0.508 e. The lowest BCUT2D eigenvalue weighted by atomic mass is 9.97. The van der Waals surface area contributed by atoms with Crippen molar-refractivity contribution in [2.24, 2.45) is 0 Å². The van der Waals surface area contributed by atoms with E-state index in [4.69, 9.17) is 4.42 Å². The highest BCUT2D eigenvalue weighted by Gasteiger charge is 2.14. The van der Waals surface area contributed by atoms with Gasteiger partial charge in [0, 0.05) is 28.6 Å². The molecule has 2 aromatic carbocycles. The van der Waals surface area contributed by atoms with Gasteiger partial charge in [-0.25, -0.2) is 9.18 Å². The van der Waals surface area contributed by atoms with Crippen LogP contribution in [0.3, 0.4) is 0 Å². The van der Waals surface area contributed by atoms with Crippen LogP contribution in [0.4, 0.5) is 4.39 Å². The Morgan fingerprint density at radius 2 is 1.84 bits per heavy atom. The molecule has 0 aliphatic heterocycles. The van der Waals surface area contributed by atoms with Crippen LogP contribution in [-0.4, -0.2) is 5.11 Å². The summed E-state index contributed by atoms with van der Waals surface area (Å²) in [6.07, 6.45) is 5.10. The lowest BCUT2D eigenvalue weighted by molar-refractivity contribution is 0.464. The molecule has 0 saturated carbocycles. The van der Waals surface area contributed by atoms with E-state index in [1.54, 1.807) is 24.3 Å². The van der Waals surface area contributed by atoms with Gasteiger partial charge in [0.1, 0.15) is 17.1 Å². The molecule has 1 aromatic heterocycles. The van der Waals surface area contributed by atoms with Gasteiger partial charge in [-0.2, -0.15) is 0 Å². The number of phenols is 1. The van der Waals surface area contributed by atoms with E-state index in [2.05, 4.69) is 6.92 Å². The fourth-order valence-electron chi connectivity index (χ4n) is 3.09. The van der Waals surface area contributed by atoms with Gasteiger partial charge in [0.15, 0.2) is 0 Å².